The molecule has 88 valence electrons. The highest BCUT2D eigenvalue weighted by molar-refractivity contribution is 6.31. The number of nitrogens with zero attached hydrogens (tertiary/aromatic N) is 2. The number of imidazole rings is 1. The summed E-state index contributed by atoms with van der Waals surface area (Å²) in [5.41, 5.74) is 0.591. The van der Waals surface area contributed by atoms with E-state index in [2.05, 4.69) is 0 Å². The van der Waals surface area contributed by atoms with E-state index in [0.717, 1.165) is 0 Å². The van der Waals surface area contributed by atoms with Gasteiger partial charge in [0.15, 0.2) is 5.69 Å². The first-order valence-corrected chi connectivity index (χ1v) is 4.87. The van der Waals surface area contributed by atoms with Crippen LogP contribution in [-0.2, 0) is 23.7 Å². The Labute approximate surface area is 96.7 Å². The van der Waals surface area contributed by atoms with Crippen molar-refractivity contribution in [2.75, 3.05) is 0 Å². The highest BCUT2D eigenvalue weighted by atomic mass is 16.2. The smallest absolute Gasteiger partial charge is 0.273 e. The monoisotopic (exact) mass is 235 g/mol. The first kappa shape index (κ1) is 11.1. The van der Waals surface area contributed by atoms with Gasteiger partial charge >= 0.3 is 6.03 Å². The van der Waals surface area contributed by atoms with Crippen LogP contribution in [0.3, 0.4) is 0 Å². The molecule has 0 radical (unpaired) electrons. The molecule has 1 aromatic heterocycles. The van der Waals surface area contributed by atoms with Crippen molar-refractivity contribution in [2.24, 2.45) is 14.1 Å². The van der Waals surface area contributed by atoms with Crippen LogP contribution in [0.2, 0.25) is 0 Å². The van der Waals surface area contributed by atoms with Crippen molar-refractivity contribution in [1.82, 2.24) is 15.2 Å². The average Bonchev–Trinajstić information content (AvgIpc) is 2.51. The standard InChI is InChI=1S/C10H10N4O3/c1-13-4-6(14(2)5-13)3-7-8(15)11-10(17)12-9(7)16/h3-5H,1-2H3,(H-,11,12,15,16,17)/p+1. The molecule has 0 bridgehead atoms. The van der Waals surface area contributed by atoms with Gasteiger partial charge in [0.05, 0.1) is 14.1 Å². The van der Waals surface area contributed by atoms with Gasteiger partial charge in [-0.05, 0) is 0 Å². The molecule has 17 heavy (non-hydrogen) atoms. The molecular weight excluding hydrogens is 224 g/mol. The first-order chi connectivity index (χ1) is 7.97. The highest BCUT2D eigenvalue weighted by Crippen LogP contribution is 2.07. The van der Waals surface area contributed by atoms with Gasteiger partial charge in [-0.1, -0.05) is 0 Å². The van der Waals surface area contributed by atoms with Crippen LogP contribution in [0.5, 0.6) is 0 Å². The molecule has 7 nitrogen and oxygen atoms in total. The molecule has 4 amide bonds. The minimum atomic E-state index is -0.797. The number of barbiturate groups is 1. The van der Waals surface area contributed by atoms with Gasteiger partial charge in [-0.25, -0.2) is 13.9 Å². The Morgan fingerprint density at radius 2 is 1.82 bits per heavy atom. The summed E-state index contributed by atoms with van der Waals surface area (Å²) >= 11 is 0. The van der Waals surface area contributed by atoms with E-state index >= 15 is 0 Å². The van der Waals surface area contributed by atoms with Crippen molar-refractivity contribution in [1.29, 1.82) is 0 Å². The van der Waals surface area contributed by atoms with Crippen LogP contribution in [0.4, 0.5) is 4.79 Å². The lowest BCUT2D eigenvalue weighted by Crippen LogP contribution is -2.51. The summed E-state index contributed by atoms with van der Waals surface area (Å²) in [7, 11) is 3.61. The Hall–Kier alpha value is -2.44. The van der Waals surface area contributed by atoms with Gasteiger partial charge in [-0.2, -0.15) is 0 Å². The Balaban J connectivity index is 2.39. The molecule has 1 aliphatic heterocycles. The maximum Gasteiger partial charge on any atom is 0.328 e. The van der Waals surface area contributed by atoms with E-state index in [1.54, 1.807) is 28.7 Å². The fourth-order valence-electron chi connectivity index (χ4n) is 1.57. The molecule has 2 rings (SSSR count). The number of nitrogens with one attached hydrogen (secondary N) is 2. The molecule has 1 aliphatic rings. The normalized spacial score (nSPS) is 15.6. The summed E-state index contributed by atoms with van der Waals surface area (Å²) in [6.07, 6.45) is 4.97. The molecule has 1 saturated heterocycles. The Morgan fingerprint density at radius 3 is 2.29 bits per heavy atom. The number of amides is 4. The van der Waals surface area contributed by atoms with Crippen molar-refractivity contribution < 1.29 is 19.0 Å². The van der Waals surface area contributed by atoms with Crippen LogP contribution in [0.1, 0.15) is 5.69 Å². The quantitative estimate of drug-likeness (QED) is 0.356. The number of urea groups is 1. The molecule has 0 unspecified atom stereocenters. The van der Waals surface area contributed by atoms with Crippen molar-refractivity contribution in [3.63, 3.8) is 0 Å². The van der Waals surface area contributed by atoms with E-state index in [-0.39, 0.29) is 5.57 Å². The summed E-state index contributed by atoms with van der Waals surface area (Å²) in [5, 5.41) is 4.02. The second-order valence-corrected chi connectivity index (χ2v) is 3.74. The predicted octanol–water partition coefficient (Wildman–Crippen LogP) is -1.40. The molecule has 2 heterocycles. The van der Waals surface area contributed by atoms with Crippen LogP contribution in [0.15, 0.2) is 18.1 Å². The summed E-state index contributed by atoms with van der Waals surface area (Å²) < 4.78 is 3.54. The van der Waals surface area contributed by atoms with E-state index in [1.165, 1.54) is 6.08 Å². The number of aromatic nitrogens is 2. The van der Waals surface area contributed by atoms with Crippen LogP contribution < -0.4 is 15.2 Å². The molecule has 2 N–H and O–H groups in total. The van der Waals surface area contributed by atoms with E-state index < -0.39 is 17.8 Å². The fourth-order valence-corrected chi connectivity index (χ4v) is 1.57. The van der Waals surface area contributed by atoms with E-state index in [4.69, 9.17) is 0 Å². The maximum atomic E-state index is 11.5. The van der Waals surface area contributed by atoms with Crippen LogP contribution >= 0.6 is 0 Å². The summed E-state index contributed by atoms with van der Waals surface area (Å²) in [4.78, 5) is 33.8. The topological polar surface area (TPSA) is 84.1 Å². The van der Waals surface area contributed by atoms with Gasteiger partial charge in [0.2, 0.25) is 6.33 Å². The molecular formula is C10H11N4O3+. The molecule has 0 atom stereocenters. The molecule has 1 fully saturated rings. The lowest BCUT2D eigenvalue weighted by Gasteiger charge is -2.13. The van der Waals surface area contributed by atoms with Crippen molar-refractivity contribution in [3.8, 4) is 0 Å². The Bertz CT molecular complexity index is 534. The summed E-state index contributed by atoms with van der Waals surface area (Å²) in [6.45, 7) is 0. The third kappa shape index (κ3) is 2.07. The van der Waals surface area contributed by atoms with E-state index in [1.807, 2.05) is 17.7 Å². The van der Waals surface area contributed by atoms with Crippen molar-refractivity contribution in [3.05, 3.63) is 23.8 Å². The lowest BCUT2D eigenvalue weighted by atomic mass is 10.1. The van der Waals surface area contributed by atoms with Gasteiger partial charge in [-0.15, -0.1) is 0 Å². The fraction of sp³-hybridized carbons (Fsp3) is 0.200. The number of hydrogen-bond acceptors (Lipinski definition) is 3. The number of imide groups is 2. The number of hydrogen-bond donors (Lipinski definition) is 2. The van der Waals surface area contributed by atoms with Gasteiger partial charge in [-0.3, -0.25) is 20.2 Å². The van der Waals surface area contributed by atoms with Gasteiger partial charge in [0.1, 0.15) is 11.8 Å². The lowest BCUT2D eigenvalue weighted by molar-refractivity contribution is -0.671. The second kappa shape index (κ2) is 3.85. The molecule has 7 heteroatoms. The average molecular weight is 235 g/mol. The molecule has 1 aromatic rings. The summed E-state index contributed by atoms with van der Waals surface area (Å²) in [6, 6.07) is -0.797. The van der Waals surface area contributed by atoms with Crippen LogP contribution in [0.25, 0.3) is 6.08 Å². The van der Waals surface area contributed by atoms with E-state index in [0.29, 0.717) is 5.69 Å². The molecule has 0 saturated carbocycles. The van der Waals surface area contributed by atoms with E-state index in [9.17, 15) is 14.4 Å². The first-order valence-electron chi connectivity index (χ1n) is 4.87. The molecule has 0 aromatic carbocycles. The number of carbonyl (C=O) groups excluding carboxylic acids is 3. The minimum absolute atomic E-state index is 0.0913. The third-order valence-electron chi connectivity index (χ3n) is 2.33. The Morgan fingerprint density at radius 1 is 1.24 bits per heavy atom. The highest BCUT2D eigenvalue weighted by Gasteiger charge is 2.28. The number of rotatable bonds is 1. The maximum absolute atomic E-state index is 11.5. The van der Waals surface area contributed by atoms with Gasteiger partial charge in [0, 0.05) is 6.08 Å². The summed E-state index contributed by atoms with van der Waals surface area (Å²) in [5.74, 6) is -1.38. The Kier molecular flexibility index (Phi) is 2.51. The van der Waals surface area contributed by atoms with Crippen LogP contribution in [0, 0.1) is 0 Å². The predicted molar refractivity (Wildman–Crippen MR) is 56.2 cm³/mol. The zero-order chi connectivity index (χ0) is 12.6. The number of carbonyl (C=O) groups is 3. The van der Waals surface area contributed by atoms with Crippen molar-refractivity contribution >= 4 is 23.9 Å². The van der Waals surface area contributed by atoms with Crippen LogP contribution in [-0.4, -0.2) is 22.4 Å². The minimum Gasteiger partial charge on any atom is -0.273 e. The molecule has 0 aliphatic carbocycles. The largest absolute Gasteiger partial charge is 0.328 e. The molecule has 0 spiro atoms. The SMILES string of the molecule is Cn1c[n+](C)cc1C=C1C(=O)NC(=O)NC1=O. The second-order valence-electron chi connectivity index (χ2n) is 3.74. The van der Waals surface area contributed by atoms with Crippen molar-refractivity contribution in [2.45, 2.75) is 0 Å². The number of aryl methyl sites for hydroxylation is 2. The zero-order valence-corrected chi connectivity index (χ0v) is 9.35. The van der Waals surface area contributed by atoms with Gasteiger partial charge < -0.3 is 0 Å². The van der Waals surface area contributed by atoms with Gasteiger partial charge in [0.25, 0.3) is 11.8 Å². The zero-order valence-electron chi connectivity index (χ0n) is 9.35. The third-order valence-corrected chi connectivity index (χ3v) is 2.33.